The first kappa shape index (κ1) is 9.01. The summed E-state index contributed by atoms with van der Waals surface area (Å²) < 4.78 is 0. The lowest BCUT2D eigenvalue weighted by Gasteiger charge is -2.50. The van der Waals surface area contributed by atoms with Crippen LogP contribution < -0.4 is 5.73 Å². The zero-order valence-electron chi connectivity index (χ0n) is 7.93. The molecule has 66 valence electrons. The molecule has 1 rings (SSSR count). The molecule has 1 aliphatic rings. The molecule has 0 aromatic heterocycles. The number of hydrogen-bond acceptors (Lipinski definition) is 2. The molecule has 0 saturated carbocycles. The monoisotopic (exact) mass is 156 g/mol. The fraction of sp³-hybridized carbons (Fsp3) is 1.00. The zero-order chi connectivity index (χ0) is 8.48. The first-order valence-corrected chi connectivity index (χ1v) is 4.60. The third-order valence-corrected chi connectivity index (χ3v) is 2.51. The Balaban J connectivity index is 2.26. The molecule has 0 aromatic rings. The summed E-state index contributed by atoms with van der Waals surface area (Å²) in [6, 6.07) is 0.670. The van der Waals surface area contributed by atoms with E-state index in [4.69, 9.17) is 5.73 Å². The van der Waals surface area contributed by atoms with Crippen molar-refractivity contribution in [2.45, 2.75) is 45.2 Å². The summed E-state index contributed by atoms with van der Waals surface area (Å²) in [4.78, 5) is 2.43. The molecule has 0 atom stereocenters. The third-order valence-electron chi connectivity index (χ3n) is 2.51. The van der Waals surface area contributed by atoms with Gasteiger partial charge in [-0.25, -0.2) is 0 Å². The Morgan fingerprint density at radius 3 is 2.36 bits per heavy atom. The normalized spacial score (nSPS) is 23.7. The standard InChI is InChI=1S/C9H20N2/c1-4-5-9(10)6-11(7-9)8(2)3/h8H,4-7,10H2,1-3H3. The maximum absolute atomic E-state index is 6.10. The van der Waals surface area contributed by atoms with Crippen molar-refractivity contribution in [3.05, 3.63) is 0 Å². The van der Waals surface area contributed by atoms with Crippen LogP contribution in [-0.2, 0) is 0 Å². The molecule has 1 saturated heterocycles. The lowest BCUT2D eigenvalue weighted by molar-refractivity contribution is 0.0364. The SMILES string of the molecule is CCCC1(N)CN(C(C)C)C1. The molecule has 1 aliphatic heterocycles. The number of nitrogens with two attached hydrogens (primary N) is 1. The highest BCUT2D eigenvalue weighted by molar-refractivity contribution is 5.00. The Hall–Kier alpha value is -0.0800. The molecule has 0 unspecified atom stereocenters. The van der Waals surface area contributed by atoms with Gasteiger partial charge in [-0.05, 0) is 20.3 Å². The summed E-state index contributed by atoms with van der Waals surface area (Å²) in [7, 11) is 0. The van der Waals surface area contributed by atoms with Gasteiger partial charge in [-0.3, -0.25) is 4.90 Å². The number of rotatable bonds is 3. The second-order valence-corrected chi connectivity index (χ2v) is 4.11. The van der Waals surface area contributed by atoms with Gasteiger partial charge in [-0.2, -0.15) is 0 Å². The predicted molar refractivity (Wildman–Crippen MR) is 48.5 cm³/mol. The quantitative estimate of drug-likeness (QED) is 0.665. The largest absolute Gasteiger partial charge is 0.323 e. The van der Waals surface area contributed by atoms with Gasteiger partial charge < -0.3 is 5.73 Å². The van der Waals surface area contributed by atoms with E-state index in [0.717, 1.165) is 13.1 Å². The van der Waals surface area contributed by atoms with Gasteiger partial charge in [0.2, 0.25) is 0 Å². The van der Waals surface area contributed by atoms with Gasteiger partial charge in [0.25, 0.3) is 0 Å². The highest BCUT2D eigenvalue weighted by Gasteiger charge is 2.39. The summed E-state index contributed by atoms with van der Waals surface area (Å²) >= 11 is 0. The molecule has 0 aliphatic carbocycles. The number of nitrogens with zero attached hydrogens (tertiary/aromatic N) is 1. The smallest absolute Gasteiger partial charge is 0.0412 e. The van der Waals surface area contributed by atoms with Crippen molar-refractivity contribution >= 4 is 0 Å². The van der Waals surface area contributed by atoms with Crippen molar-refractivity contribution in [3.63, 3.8) is 0 Å². The number of hydrogen-bond donors (Lipinski definition) is 1. The molecule has 0 radical (unpaired) electrons. The van der Waals surface area contributed by atoms with Gasteiger partial charge >= 0.3 is 0 Å². The van der Waals surface area contributed by atoms with Crippen molar-refractivity contribution in [2.75, 3.05) is 13.1 Å². The summed E-state index contributed by atoms with van der Waals surface area (Å²) in [5.41, 5.74) is 6.25. The molecule has 1 heterocycles. The van der Waals surface area contributed by atoms with Gasteiger partial charge in [0.15, 0.2) is 0 Å². The lowest BCUT2D eigenvalue weighted by Crippen LogP contribution is -2.68. The molecule has 0 bridgehead atoms. The second-order valence-electron chi connectivity index (χ2n) is 4.11. The van der Waals surface area contributed by atoms with Gasteiger partial charge in [-0.1, -0.05) is 13.3 Å². The molecule has 2 nitrogen and oxygen atoms in total. The third kappa shape index (κ3) is 1.94. The van der Waals surface area contributed by atoms with E-state index in [1.165, 1.54) is 12.8 Å². The molecule has 0 spiro atoms. The van der Waals surface area contributed by atoms with Crippen LogP contribution in [0.3, 0.4) is 0 Å². The highest BCUT2D eigenvalue weighted by atomic mass is 15.3. The molecule has 0 amide bonds. The van der Waals surface area contributed by atoms with Crippen LogP contribution in [0.1, 0.15) is 33.6 Å². The van der Waals surface area contributed by atoms with Gasteiger partial charge in [0.1, 0.15) is 0 Å². The maximum Gasteiger partial charge on any atom is 0.0412 e. The second kappa shape index (κ2) is 3.11. The summed E-state index contributed by atoms with van der Waals surface area (Å²) in [5.74, 6) is 0. The Morgan fingerprint density at radius 1 is 1.45 bits per heavy atom. The van der Waals surface area contributed by atoms with Crippen molar-refractivity contribution in [3.8, 4) is 0 Å². The fourth-order valence-electron chi connectivity index (χ4n) is 1.78. The molecule has 0 aromatic carbocycles. The highest BCUT2D eigenvalue weighted by Crippen LogP contribution is 2.24. The summed E-state index contributed by atoms with van der Waals surface area (Å²) in [6.45, 7) is 8.85. The fourth-order valence-corrected chi connectivity index (χ4v) is 1.78. The summed E-state index contributed by atoms with van der Waals surface area (Å²) in [6.07, 6.45) is 2.39. The van der Waals surface area contributed by atoms with Crippen LogP contribution in [-0.4, -0.2) is 29.6 Å². The Morgan fingerprint density at radius 2 is 2.00 bits per heavy atom. The van der Waals surface area contributed by atoms with Gasteiger partial charge in [0.05, 0.1) is 0 Å². The van der Waals surface area contributed by atoms with Crippen LogP contribution in [0.25, 0.3) is 0 Å². The van der Waals surface area contributed by atoms with E-state index in [0.29, 0.717) is 6.04 Å². The van der Waals surface area contributed by atoms with Crippen LogP contribution in [0.15, 0.2) is 0 Å². The molecule has 2 heteroatoms. The van der Waals surface area contributed by atoms with E-state index in [9.17, 15) is 0 Å². The molecule has 11 heavy (non-hydrogen) atoms. The van der Waals surface area contributed by atoms with Crippen LogP contribution >= 0.6 is 0 Å². The molecule has 1 fully saturated rings. The average Bonchev–Trinajstić information content (AvgIpc) is 1.82. The van der Waals surface area contributed by atoms with Crippen LogP contribution in [0, 0.1) is 0 Å². The first-order chi connectivity index (χ1) is 5.07. The van der Waals surface area contributed by atoms with Crippen LogP contribution in [0.5, 0.6) is 0 Å². The van der Waals surface area contributed by atoms with E-state index in [-0.39, 0.29) is 5.54 Å². The van der Waals surface area contributed by atoms with Crippen molar-refractivity contribution in [1.82, 2.24) is 4.90 Å². The van der Waals surface area contributed by atoms with Gasteiger partial charge in [0, 0.05) is 24.7 Å². The average molecular weight is 156 g/mol. The van der Waals surface area contributed by atoms with Crippen LogP contribution in [0.4, 0.5) is 0 Å². The molecular weight excluding hydrogens is 136 g/mol. The summed E-state index contributed by atoms with van der Waals surface area (Å²) in [5, 5.41) is 0. The van der Waals surface area contributed by atoms with E-state index >= 15 is 0 Å². The van der Waals surface area contributed by atoms with E-state index < -0.39 is 0 Å². The Kier molecular flexibility index (Phi) is 2.55. The van der Waals surface area contributed by atoms with Crippen LogP contribution in [0.2, 0.25) is 0 Å². The number of likely N-dealkylation sites (tertiary alicyclic amines) is 1. The minimum atomic E-state index is 0.152. The minimum Gasteiger partial charge on any atom is -0.323 e. The lowest BCUT2D eigenvalue weighted by atomic mass is 9.85. The van der Waals surface area contributed by atoms with Gasteiger partial charge in [-0.15, -0.1) is 0 Å². The Labute approximate surface area is 69.8 Å². The zero-order valence-corrected chi connectivity index (χ0v) is 7.93. The predicted octanol–water partition coefficient (Wildman–Crippen LogP) is 1.21. The first-order valence-electron chi connectivity index (χ1n) is 4.60. The van der Waals surface area contributed by atoms with Crippen molar-refractivity contribution in [2.24, 2.45) is 5.73 Å². The maximum atomic E-state index is 6.10. The van der Waals surface area contributed by atoms with E-state index in [1.54, 1.807) is 0 Å². The minimum absolute atomic E-state index is 0.152. The topological polar surface area (TPSA) is 29.3 Å². The van der Waals surface area contributed by atoms with E-state index in [1.807, 2.05) is 0 Å². The van der Waals surface area contributed by atoms with Crippen molar-refractivity contribution < 1.29 is 0 Å². The molecule has 2 N–H and O–H groups in total. The van der Waals surface area contributed by atoms with E-state index in [2.05, 4.69) is 25.7 Å². The Bertz CT molecular complexity index is 126. The van der Waals surface area contributed by atoms with Crippen molar-refractivity contribution in [1.29, 1.82) is 0 Å². The molecular formula is C9H20N2.